The first-order chi connectivity index (χ1) is 12.2. The zero-order chi connectivity index (χ0) is 17.2. The van der Waals surface area contributed by atoms with E-state index in [1.165, 1.54) is 29.6 Å². The first-order valence-electron chi connectivity index (χ1n) is 8.51. The van der Waals surface area contributed by atoms with Crippen molar-refractivity contribution in [2.24, 2.45) is 0 Å². The monoisotopic (exact) mass is 353 g/mol. The van der Waals surface area contributed by atoms with E-state index in [-0.39, 0.29) is 0 Å². The lowest BCUT2D eigenvalue weighted by Crippen LogP contribution is -2.32. The molecule has 0 amide bonds. The standard InChI is InChI=1S/C19H19N3O2S/c23-19(24)14(10-12-6-2-1-3-7-12)22-17-16-13-8-4-5-9-15(13)25-18(16)21-11-20-17/h1-3,6-7,11,14H,4-5,8-10H2,(H,23,24)(H,20,21,22)/t14-/m0/s1. The number of benzene rings is 1. The topological polar surface area (TPSA) is 75.1 Å². The Morgan fingerprint density at radius 3 is 2.80 bits per heavy atom. The number of anilines is 1. The van der Waals surface area contributed by atoms with Crippen molar-refractivity contribution < 1.29 is 9.90 Å². The van der Waals surface area contributed by atoms with E-state index in [1.54, 1.807) is 11.3 Å². The summed E-state index contributed by atoms with van der Waals surface area (Å²) in [5.74, 6) is -0.229. The summed E-state index contributed by atoms with van der Waals surface area (Å²) in [6.07, 6.45) is 6.42. The number of nitrogens with one attached hydrogen (secondary N) is 1. The molecule has 6 heteroatoms. The summed E-state index contributed by atoms with van der Waals surface area (Å²) < 4.78 is 0. The maximum Gasteiger partial charge on any atom is 0.326 e. The summed E-state index contributed by atoms with van der Waals surface area (Å²) in [6, 6.07) is 8.94. The zero-order valence-electron chi connectivity index (χ0n) is 13.7. The molecule has 0 saturated carbocycles. The Morgan fingerprint density at radius 1 is 1.20 bits per heavy atom. The van der Waals surface area contributed by atoms with Gasteiger partial charge in [-0.05, 0) is 36.8 Å². The average molecular weight is 353 g/mol. The third-order valence-corrected chi connectivity index (χ3v) is 5.84. The van der Waals surface area contributed by atoms with Crippen LogP contribution in [0.25, 0.3) is 10.2 Å². The van der Waals surface area contributed by atoms with E-state index < -0.39 is 12.0 Å². The summed E-state index contributed by atoms with van der Waals surface area (Å²) in [5, 5.41) is 13.8. The van der Waals surface area contributed by atoms with Gasteiger partial charge in [0, 0.05) is 11.3 Å². The number of aryl methyl sites for hydroxylation is 2. The van der Waals surface area contributed by atoms with Gasteiger partial charge in [-0.1, -0.05) is 30.3 Å². The summed E-state index contributed by atoms with van der Waals surface area (Å²) in [7, 11) is 0. The number of fused-ring (bicyclic) bond motifs is 3. The normalized spacial score (nSPS) is 14.9. The first-order valence-corrected chi connectivity index (χ1v) is 9.32. The Labute approximate surface area is 149 Å². The molecule has 0 radical (unpaired) electrons. The van der Waals surface area contributed by atoms with Crippen LogP contribution in [0.3, 0.4) is 0 Å². The number of carbonyl (C=O) groups is 1. The zero-order valence-corrected chi connectivity index (χ0v) is 14.6. The van der Waals surface area contributed by atoms with Gasteiger partial charge in [-0.15, -0.1) is 11.3 Å². The molecule has 1 aromatic carbocycles. The van der Waals surface area contributed by atoms with Crippen LogP contribution in [0.15, 0.2) is 36.7 Å². The van der Waals surface area contributed by atoms with Crippen LogP contribution in [-0.4, -0.2) is 27.1 Å². The lowest BCUT2D eigenvalue weighted by molar-refractivity contribution is -0.137. The highest BCUT2D eigenvalue weighted by Crippen LogP contribution is 2.38. The molecule has 1 aliphatic rings. The molecule has 4 rings (SSSR count). The minimum atomic E-state index is -0.875. The van der Waals surface area contributed by atoms with E-state index in [9.17, 15) is 9.90 Å². The van der Waals surface area contributed by atoms with E-state index in [4.69, 9.17) is 0 Å². The molecule has 2 N–H and O–H groups in total. The van der Waals surface area contributed by atoms with Crippen molar-refractivity contribution in [3.05, 3.63) is 52.7 Å². The van der Waals surface area contributed by atoms with E-state index in [1.807, 2.05) is 30.3 Å². The third-order valence-electron chi connectivity index (χ3n) is 4.64. The van der Waals surface area contributed by atoms with E-state index in [2.05, 4.69) is 15.3 Å². The molecule has 2 heterocycles. The van der Waals surface area contributed by atoms with Gasteiger partial charge >= 0.3 is 5.97 Å². The quantitative estimate of drug-likeness (QED) is 0.732. The highest BCUT2D eigenvalue weighted by Gasteiger charge is 2.23. The second-order valence-electron chi connectivity index (χ2n) is 6.34. The third kappa shape index (κ3) is 3.22. The second kappa shape index (κ2) is 6.80. The molecule has 1 aliphatic carbocycles. The van der Waals surface area contributed by atoms with Gasteiger partial charge in [0.2, 0.25) is 0 Å². The minimum absolute atomic E-state index is 0.411. The molecule has 1 atom stereocenters. The number of thiophene rings is 1. The molecular formula is C19H19N3O2S. The summed E-state index contributed by atoms with van der Waals surface area (Å²) in [6.45, 7) is 0. The number of rotatable bonds is 5. The summed E-state index contributed by atoms with van der Waals surface area (Å²) >= 11 is 1.71. The SMILES string of the molecule is O=C(O)[C@H](Cc1ccccc1)Nc1ncnc2sc3c(c12)CCCC3. The van der Waals surface area contributed by atoms with Crippen molar-refractivity contribution in [3.63, 3.8) is 0 Å². The molecule has 0 bridgehead atoms. The van der Waals surface area contributed by atoms with E-state index in [0.29, 0.717) is 12.2 Å². The number of nitrogens with zero attached hydrogens (tertiary/aromatic N) is 2. The number of hydrogen-bond acceptors (Lipinski definition) is 5. The lowest BCUT2D eigenvalue weighted by Gasteiger charge is -2.17. The molecule has 0 unspecified atom stereocenters. The van der Waals surface area contributed by atoms with Crippen LogP contribution in [0.1, 0.15) is 28.8 Å². The van der Waals surface area contributed by atoms with E-state index >= 15 is 0 Å². The number of hydrogen-bond donors (Lipinski definition) is 2. The van der Waals surface area contributed by atoms with E-state index in [0.717, 1.165) is 28.6 Å². The largest absolute Gasteiger partial charge is 0.480 e. The summed E-state index contributed by atoms with van der Waals surface area (Å²) in [5.41, 5.74) is 2.29. The Bertz CT molecular complexity index is 908. The molecule has 0 fully saturated rings. The first kappa shape index (κ1) is 16.0. The van der Waals surface area contributed by atoms with Crippen LogP contribution in [0.4, 0.5) is 5.82 Å². The van der Waals surface area contributed by atoms with Crippen LogP contribution in [0, 0.1) is 0 Å². The molecule has 0 aliphatic heterocycles. The van der Waals surface area contributed by atoms with Gasteiger partial charge in [0.15, 0.2) is 0 Å². The minimum Gasteiger partial charge on any atom is -0.480 e. The van der Waals surface area contributed by atoms with Crippen LogP contribution < -0.4 is 5.32 Å². The second-order valence-corrected chi connectivity index (χ2v) is 7.42. The van der Waals surface area contributed by atoms with Crippen molar-refractivity contribution in [1.29, 1.82) is 0 Å². The van der Waals surface area contributed by atoms with Gasteiger partial charge in [0.25, 0.3) is 0 Å². The van der Waals surface area contributed by atoms with Crippen LogP contribution in [0.2, 0.25) is 0 Å². The fourth-order valence-corrected chi connectivity index (χ4v) is 4.64. The lowest BCUT2D eigenvalue weighted by atomic mass is 9.97. The van der Waals surface area contributed by atoms with Crippen molar-refractivity contribution in [1.82, 2.24) is 9.97 Å². The molecular weight excluding hydrogens is 334 g/mol. The molecule has 25 heavy (non-hydrogen) atoms. The summed E-state index contributed by atoms with van der Waals surface area (Å²) in [4.78, 5) is 22.9. The Morgan fingerprint density at radius 2 is 2.00 bits per heavy atom. The maximum atomic E-state index is 11.8. The van der Waals surface area contributed by atoms with Crippen LogP contribution in [0.5, 0.6) is 0 Å². The van der Waals surface area contributed by atoms with Crippen molar-refractivity contribution in [2.75, 3.05) is 5.32 Å². The highest BCUT2D eigenvalue weighted by molar-refractivity contribution is 7.19. The fourth-order valence-electron chi connectivity index (χ4n) is 3.41. The van der Waals surface area contributed by atoms with Gasteiger partial charge in [0.1, 0.15) is 23.0 Å². The molecule has 2 aromatic heterocycles. The molecule has 0 saturated heterocycles. The van der Waals surface area contributed by atoms with Gasteiger partial charge in [-0.3, -0.25) is 0 Å². The Balaban J connectivity index is 1.68. The van der Waals surface area contributed by atoms with Crippen LogP contribution >= 0.6 is 11.3 Å². The number of carboxylic acid groups (broad SMARTS) is 1. The molecule has 5 nitrogen and oxygen atoms in total. The van der Waals surface area contributed by atoms with Gasteiger partial charge in [0.05, 0.1) is 5.39 Å². The predicted molar refractivity (Wildman–Crippen MR) is 99.2 cm³/mol. The van der Waals surface area contributed by atoms with Gasteiger partial charge < -0.3 is 10.4 Å². The van der Waals surface area contributed by atoms with Crippen molar-refractivity contribution in [2.45, 2.75) is 38.1 Å². The molecule has 0 spiro atoms. The number of carboxylic acids is 1. The smallest absolute Gasteiger partial charge is 0.326 e. The number of aromatic nitrogens is 2. The predicted octanol–water partition coefficient (Wildman–Crippen LogP) is 3.68. The highest BCUT2D eigenvalue weighted by atomic mass is 32.1. The van der Waals surface area contributed by atoms with Crippen molar-refractivity contribution in [3.8, 4) is 0 Å². The molecule has 3 aromatic rings. The Kier molecular flexibility index (Phi) is 4.36. The fraction of sp³-hybridized carbons (Fsp3) is 0.316. The maximum absolute atomic E-state index is 11.8. The van der Waals surface area contributed by atoms with Gasteiger partial charge in [-0.25, -0.2) is 14.8 Å². The average Bonchev–Trinajstić information content (AvgIpc) is 3.01. The van der Waals surface area contributed by atoms with Crippen molar-refractivity contribution >= 4 is 33.3 Å². The number of aliphatic carboxylic acids is 1. The Hall–Kier alpha value is -2.47. The molecule has 128 valence electrons. The van der Waals surface area contributed by atoms with Crippen LogP contribution in [-0.2, 0) is 24.1 Å². The van der Waals surface area contributed by atoms with Gasteiger partial charge in [-0.2, -0.15) is 0 Å².